The molecule has 3 nitrogen and oxygen atoms in total. The molecule has 2 rings (SSSR count). The number of methoxy groups -OCH3 is 1. The molecule has 2 N–H and O–H groups in total. The summed E-state index contributed by atoms with van der Waals surface area (Å²) in [5.74, 6) is 1.51. The van der Waals surface area contributed by atoms with Crippen molar-refractivity contribution in [2.24, 2.45) is 5.73 Å². The summed E-state index contributed by atoms with van der Waals surface area (Å²) >= 11 is 6.10. The highest BCUT2D eigenvalue weighted by Crippen LogP contribution is 2.35. The number of halogens is 1. The summed E-state index contributed by atoms with van der Waals surface area (Å²) < 4.78 is 11.1. The molecule has 0 amide bonds. The van der Waals surface area contributed by atoms with Crippen LogP contribution in [0.5, 0.6) is 11.5 Å². The molecule has 0 aromatic heterocycles. The number of hydrogen-bond donors (Lipinski definition) is 1. The molecular weight excluding hydrogens is 286 g/mol. The van der Waals surface area contributed by atoms with Crippen LogP contribution in [0.15, 0.2) is 36.4 Å². The van der Waals surface area contributed by atoms with E-state index in [1.165, 1.54) is 0 Å². The second-order valence-corrected chi connectivity index (χ2v) is 5.27. The third-order valence-electron chi connectivity index (χ3n) is 3.33. The van der Waals surface area contributed by atoms with Crippen LogP contribution < -0.4 is 15.2 Å². The van der Waals surface area contributed by atoms with Crippen molar-refractivity contribution in [3.8, 4) is 11.5 Å². The topological polar surface area (TPSA) is 44.5 Å². The first kappa shape index (κ1) is 15.7. The van der Waals surface area contributed by atoms with Gasteiger partial charge >= 0.3 is 0 Å². The van der Waals surface area contributed by atoms with Crippen molar-refractivity contribution in [1.29, 1.82) is 0 Å². The van der Waals surface area contributed by atoms with Crippen molar-refractivity contribution in [3.63, 3.8) is 0 Å². The van der Waals surface area contributed by atoms with E-state index in [0.29, 0.717) is 11.6 Å². The Morgan fingerprint density at radius 3 is 2.43 bits per heavy atom. The normalized spacial score (nSPS) is 12.0. The molecule has 2 aromatic carbocycles. The SMILES string of the molecule is CCOc1ccc(C)cc1C(N)c1cc(Cl)ccc1OC. The van der Waals surface area contributed by atoms with Crippen LogP contribution in [0.3, 0.4) is 0 Å². The number of benzene rings is 2. The Hall–Kier alpha value is -1.71. The predicted molar refractivity (Wildman–Crippen MR) is 86.4 cm³/mol. The second kappa shape index (κ2) is 6.83. The van der Waals surface area contributed by atoms with Crippen molar-refractivity contribution >= 4 is 11.6 Å². The zero-order chi connectivity index (χ0) is 15.4. The Kier molecular flexibility index (Phi) is 5.10. The summed E-state index contributed by atoms with van der Waals surface area (Å²) in [7, 11) is 1.62. The zero-order valence-electron chi connectivity index (χ0n) is 12.5. The highest BCUT2D eigenvalue weighted by Gasteiger charge is 2.18. The minimum Gasteiger partial charge on any atom is -0.496 e. The van der Waals surface area contributed by atoms with E-state index in [0.717, 1.165) is 28.2 Å². The number of hydrogen-bond acceptors (Lipinski definition) is 3. The highest BCUT2D eigenvalue weighted by atomic mass is 35.5. The first-order valence-corrected chi connectivity index (χ1v) is 7.27. The van der Waals surface area contributed by atoms with E-state index >= 15 is 0 Å². The predicted octanol–water partition coefficient (Wildman–Crippen LogP) is 4.10. The van der Waals surface area contributed by atoms with Crippen LogP contribution in [0.2, 0.25) is 5.02 Å². The highest BCUT2D eigenvalue weighted by molar-refractivity contribution is 6.30. The van der Waals surface area contributed by atoms with Gasteiger partial charge in [0.05, 0.1) is 19.8 Å². The summed E-state index contributed by atoms with van der Waals surface area (Å²) in [5.41, 5.74) is 9.34. The third kappa shape index (κ3) is 3.49. The summed E-state index contributed by atoms with van der Waals surface area (Å²) in [6.45, 7) is 4.58. The van der Waals surface area contributed by atoms with Crippen LogP contribution in [0.4, 0.5) is 0 Å². The maximum absolute atomic E-state index is 6.44. The minimum atomic E-state index is -0.361. The molecule has 0 saturated carbocycles. The first-order valence-electron chi connectivity index (χ1n) is 6.89. The van der Waals surface area contributed by atoms with Gasteiger partial charge in [-0.2, -0.15) is 0 Å². The van der Waals surface area contributed by atoms with Gasteiger partial charge in [-0.1, -0.05) is 29.3 Å². The molecule has 1 unspecified atom stereocenters. The molecule has 0 aliphatic rings. The lowest BCUT2D eigenvalue weighted by molar-refractivity contribution is 0.335. The average Bonchev–Trinajstić information content (AvgIpc) is 2.48. The lowest BCUT2D eigenvalue weighted by Crippen LogP contribution is -2.15. The van der Waals surface area contributed by atoms with Crippen LogP contribution in [0.1, 0.15) is 29.7 Å². The first-order chi connectivity index (χ1) is 10.1. The fourth-order valence-electron chi connectivity index (χ4n) is 2.31. The van der Waals surface area contributed by atoms with Gasteiger partial charge in [0, 0.05) is 16.1 Å². The van der Waals surface area contributed by atoms with Gasteiger partial charge in [-0.15, -0.1) is 0 Å². The van der Waals surface area contributed by atoms with Crippen molar-refractivity contribution in [2.45, 2.75) is 19.9 Å². The summed E-state index contributed by atoms with van der Waals surface area (Å²) in [4.78, 5) is 0. The van der Waals surface area contributed by atoms with Crippen LogP contribution in [0.25, 0.3) is 0 Å². The minimum absolute atomic E-state index is 0.361. The van der Waals surface area contributed by atoms with Gasteiger partial charge < -0.3 is 15.2 Å². The fraction of sp³-hybridized carbons (Fsp3) is 0.294. The largest absolute Gasteiger partial charge is 0.496 e. The molecular formula is C17H20ClNO2. The fourth-order valence-corrected chi connectivity index (χ4v) is 2.49. The molecule has 0 fully saturated rings. The lowest BCUT2D eigenvalue weighted by atomic mass is 9.96. The van der Waals surface area contributed by atoms with Gasteiger partial charge in [0.1, 0.15) is 11.5 Å². The molecule has 0 heterocycles. The second-order valence-electron chi connectivity index (χ2n) is 4.84. The zero-order valence-corrected chi connectivity index (χ0v) is 13.3. The van der Waals surface area contributed by atoms with E-state index in [2.05, 4.69) is 0 Å². The molecule has 0 aliphatic heterocycles. The standard InChI is InChI=1S/C17H20ClNO2/c1-4-21-16-7-5-11(2)9-13(16)17(19)14-10-12(18)6-8-15(14)20-3/h5-10,17H,4,19H2,1-3H3. The van der Waals surface area contributed by atoms with Crippen molar-refractivity contribution in [3.05, 3.63) is 58.1 Å². The van der Waals surface area contributed by atoms with Gasteiger partial charge in [-0.25, -0.2) is 0 Å². The van der Waals surface area contributed by atoms with Gasteiger partial charge in [-0.3, -0.25) is 0 Å². The molecule has 2 aromatic rings. The van der Waals surface area contributed by atoms with Crippen LogP contribution >= 0.6 is 11.6 Å². The molecule has 0 radical (unpaired) electrons. The number of rotatable bonds is 5. The van der Waals surface area contributed by atoms with Gasteiger partial charge in [0.15, 0.2) is 0 Å². The number of ether oxygens (including phenoxy) is 2. The average molecular weight is 306 g/mol. The van der Waals surface area contributed by atoms with Crippen molar-refractivity contribution in [1.82, 2.24) is 0 Å². The van der Waals surface area contributed by atoms with E-state index < -0.39 is 0 Å². The number of aryl methyl sites for hydroxylation is 1. The van der Waals surface area contributed by atoms with Crippen LogP contribution in [-0.4, -0.2) is 13.7 Å². The molecule has 0 spiro atoms. The van der Waals surface area contributed by atoms with E-state index in [1.807, 2.05) is 44.2 Å². The third-order valence-corrected chi connectivity index (χ3v) is 3.56. The lowest BCUT2D eigenvalue weighted by Gasteiger charge is -2.20. The maximum atomic E-state index is 6.44. The molecule has 0 aliphatic carbocycles. The van der Waals surface area contributed by atoms with Crippen molar-refractivity contribution in [2.75, 3.05) is 13.7 Å². The Morgan fingerprint density at radius 1 is 1.10 bits per heavy atom. The van der Waals surface area contributed by atoms with Gasteiger partial charge in [-0.05, 0) is 38.1 Å². The summed E-state index contributed by atoms with van der Waals surface area (Å²) in [6, 6.07) is 11.1. The number of nitrogens with two attached hydrogens (primary N) is 1. The van der Waals surface area contributed by atoms with E-state index in [4.69, 9.17) is 26.8 Å². The van der Waals surface area contributed by atoms with E-state index in [9.17, 15) is 0 Å². The molecule has 1 atom stereocenters. The molecule has 4 heteroatoms. The Labute approximate surface area is 130 Å². The maximum Gasteiger partial charge on any atom is 0.124 e. The molecule has 0 saturated heterocycles. The van der Waals surface area contributed by atoms with E-state index in [1.54, 1.807) is 13.2 Å². The van der Waals surface area contributed by atoms with E-state index in [-0.39, 0.29) is 6.04 Å². The molecule has 21 heavy (non-hydrogen) atoms. The molecule has 112 valence electrons. The molecule has 0 bridgehead atoms. The van der Waals surface area contributed by atoms with Crippen LogP contribution in [0, 0.1) is 6.92 Å². The smallest absolute Gasteiger partial charge is 0.124 e. The van der Waals surface area contributed by atoms with Crippen molar-refractivity contribution < 1.29 is 9.47 Å². The Balaban J connectivity index is 2.51. The summed E-state index contributed by atoms with van der Waals surface area (Å²) in [5, 5.41) is 0.631. The summed E-state index contributed by atoms with van der Waals surface area (Å²) in [6.07, 6.45) is 0. The van der Waals surface area contributed by atoms with Gasteiger partial charge in [0.2, 0.25) is 0 Å². The van der Waals surface area contributed by atoms with Gasteiger partial charge in [0.25, 0.3) is 0 Å². The Morgan fingerprint density at radius 2 is 1.76 bits per heavy atom. The Bertz CT molecular complexity index is 628. The van der Waals surface area contributed by atoms with Crippen LogP contribution in [-0.2, 0) is 0 Å². The quantitative estimate of drug-likeness (QED) is 0.904. The monoisotopic (exact) mass is 305 g/mol.